The number of carboxylic acids is 1. The van der Waals surface area contributed by atoms with Crippen LogP contribution in [0.4, 0.5) is 0 Å². The molecule has 3 nitrogen and oxygen atoms in total. The van der Waals surface area contributed by atoms with E-state index < -0.39 is 11.6 Å². The highest BCUT2D eigenvalue weighted by molar-refractivity contribution is 5.77. The molecule has 1 fully saturated rings. The molecule has 0 heterocycles. The Morgan fingerprint density at radius 2 is 2.00 bits per heavy atom. The molecule has 1 aliphatic carbocycles. The number of carboxylic acid groups (broad SMARTS) is 1. The first-order valence-corrected chi connectivity index (χ1v) is 6.39. The van der Waals surface area contributed by atoms with Crippen LogP contribution >= 0.6 is 0 Å². The number of rotatable bonds is 4. The minimum Gasteiger partial charge on any atom is -0.479 e. The van der Waals surface area contributed by atoms with Crippen LogP contribution in [-0.4, -0.2) is 21.8 Å². The Bertz CT molecular complexity index is 252. The number of aliphatic hydroxyl groups is 1. The van der Waals surface area contributed by atoms with Crippen molar-refractivity contribution in [2.45, 2.75) is 58.5 Å². The summed E-state index contributed by atoms with van der Waals surface area (Å²) in [7, 11) is 0. The largest absolute Gasteiger partial charge is 0.479 e. The van der Waals surface area contributed by atoms with Gasteiger partial charge in [0.25, 0.3) is 0 Å². The van der Waals surface area contributed by atoms with E-state index >= 15 is 0 Å². The smallest absolute Gasteiger partial charge is 0.335 e. The first kappa shape index (κ1) is 13.5. The number of hydrogen-bond donors (Lipinski definition) is 2. The molecule has 4 unspecified atom stereocenters. The standard InChI is InChI=1S/C13H24O3/c1-4-8-13(16,12(14)15)11-7-5-6-9(2)10(11)3/h9-11,16H,4-8H2,1-3H3,(H,14,15). The SMILES string of the molecule is CCCC(O)(C(=O)O)C1CCCC(C)C1C. The van der Waals surface area contributed by atoms with Crippen molar-refractivity contribution in [3.05, 3.63) is 0 Å². The molecule has 3 heteroatoms. The van der Waals surface area contributed by atoms with Gasteiger partial charge >= 0.3 is 5.97 Å². The van der Waals surface area contributed by atoms with E-state index in [1.807, 2.05) is 6.92 Å². The molecule has 1 aliphatic rings. The Hall–Kier alpha value is -0.570. The van der Waals surface area contributed by atoms with Crippen molar-refractivity contribution in [3.63, 3.8) is 0 Å². The third kappa shape index (κ3) is 2.40. The quantitative estimate of drug-likeness (QED) is 0.777. The molecule has 16 heavy (non-hydrogen) atoms. The zero-order valence-electron chi connectivity index (χ0n) is 10.6. The molecule has 0 radical (unpaired) electrons. The lowest BCUT2D eigenvalue weighted by Gasteiger charge is -2.42. The van der Waals surface area contributed by atoms with Crippen LogP contribution in [0, 0.1) is 17.8 Å². The van der Waals surface area contributed by atoms with Crippen molar-refractivity contribution in [2.75, 3.05) is 0 Å². The van der Waals surface area contributed by atoms with Gasteiger partial charge in [-0.3, -0.25) is 0 Å². The normalized spacial score (nSPS) is 34.4. The van der Waals surface area contributed by atoms with Crippen LogP contribution in [0.2, 0.25) is 0 Å². The lowest BCUT2D eigenvalue weighted by molar-refractivity contribution is -0.172. The number of carbonyl (C=O) groups is 1. The van der Waals surface area contributed by atoms with Crippen molar-refractivity contribution < 1.29 is 15.0 Å². The van der Waals surface area contributed by atoms with Gasteiger partial charge in [-0.05, 0) is 24.7 Å². The van der Waals surface area contributed by atoms with Crippen LogP contribution in [0.5, 0.6) is 0 Å². The summed E-state index contributed by atoms with van der Waals surface area (Å²) in [6, 6.07) is 0. The van der Waals surface area contributed by atoms with Gasteiger partial charge in [0.15, 0.2) is 5.60 Å². The third-order valence-corrected chi connectivity index (χ3v) is 4.32. The van der Waals surface area contributed by atoms with E-state index in [0.29, 0.717) is 24.7 Å². The topological polar surface area (TPSA) is 57.5 Å². The molecule has 0 aromatic heterocycles. The fraction of sp³-hybridized carbons (Fsp3) is 0.923. The first-order valence-electron chi connectivity index (χ1n) is 6.39. The summed E-state index contributed by atoms with van der Waals surface area (Å²) in [6.45, 7) is 6.16. The maximum atomic E-state index is 11.3. The van der Waals surface area contributed by atoms with Crippen LogP contribution in [0.25, 0.3) is 0 Å². The van der Waals surface area contributed by atoms with Crippen LogP contribution in [-0.2, 0) is 4.79 Å². The summed E-state index contributed by atoms with van der Waals surface area (Å²) < 4.78 is 0. The summed E-state index contributed by atoms with van der Waals surface area (Å²) in [5.74, 6) is -0.322. The average Bonchev–Trinajstić information content (AvgIpc) is 2.22. The Labute approximate surface area is 97.9 Å². The van der Waals surface area contributed by atoms with Crippen molar-refractivity contribution >= 4 is 5.97 Å². The van der Waals surface area contributed by atoms with E-state index in [1.54, 1.807) is 0 Å². The summed E-state index contributed by atoms with van der Waals surface area (Å²) in [6.07, 6.45) is 4.10. The van der Waals surface area contributed by atoms with Gasteiger partial charge in [-0.15, -0.1) is 0 Å². The first-order chi connectivity index (χ1) is 7.43. The summed E-state index contributed by atoms with van der Waals surface area (Å²) in [5.41, 5.74) is -1.51. The molecular weight excluding hydrogens is 204 g/mol. The summed E-state index contributed by atoms with van der Waals surface area (Å²) >= 11 is 0. The molecule has 0 amide bonds. The Balaban J connectivity index is 2.89. The van der Waals surface area contributed by atoms with Crippen LogP contribution in [0.15, 0.2) is 0 Å². The highest BCUT2D eigenvalue weighted by atomic mass is 16.4. The second-order valence-corrected chi connectivity index (χ2v) is 5.35. The lowest BCUT2D eigenvalue weighted by atomic mass is 9.65. The van der Waals surface area contributed by atoms with Gasteiger partial charge in [0, 0.05) is 5.92 Å². The maximum Gasteiger partial charge on any atom is 0.335 e. The van der Waals surface area contributed by atoms with Crippen molar-refractivity contribution in [2.24, 2.45) is 17.8 Å². The fourth-order valence-corrected chi connectivity index (χ4v) is 3.09. The van der Waals surface area contributed by atoms with E-state index in [-0.39, 0.29) is 5.92 Å². The van der Waals surface area contributed by atoms with Crippen LogP contribution in [0.3, 0.4) is 0 Å². The number of aliphatic carboxylic acids is 1. The number of hydrogen-bond acceptors (Lipinski definition) is 2. The van der Waals surface area contributed by atoms with Gasteiger partial charge in [-0.25, -0.2) is 4.79 Å². The predicted octanol–water partition coefficient (Wildman–Crippen LogP) is 2.67. The molecule has 2 N–H and O–H groups in total. The van der Waals surface area contributed by atoms with E-state index in [2.05, 4.69) is 13.8 Å². The molecule has 1 rings (SSSR count). The van der Waals surface area contributed by atoms with E-state index in [9.17, 15) is 15.0 Å². The Kier molecular flexibility index (Phi) is 4.36. The van der Waals surface area contributed by atoms with Crippen molar-refractivity contribution in [1.82, 2.24) is 0 Å². The van der Waals surface area contributed by atoms with Crippen molar-refractivity contribution in [3.8, 4) is 0 Å². The van der Waals surface area contributed by atoms with Gasteiger partial charge in [0.2, 0.25) is 0 Å². The van der Waals surface area contributed by atoms with Crippen LogP contribution in [0.1, 0.15) is 52.9 Å². The van der Waals surface area contributed by atoms with Gasteiger partial charge in [-0.2, -0.15) is 0 Å². The van der Waals surface area contributed by atoms with Gasteiger partial charge in [0.1, 0.15) is 0 Å². The monoisotopic (exact) mass is 228 g/mol. The highest BCUT2D eigenvalue weighted by Crippen LogP contribution is 2.42. The zero-order valence-corrected chi connectivity index (χ0v) is 10.6. The minimum absolute atomic E-state index is 0.0892. The fourth-order valence-electron chi connectivity index (χ4n) is 3.09. The zero-order chi connectivity index (χ0) is 12.3. The summed E-state index contributed by atoms with van der Waals surface area (Å²) in [5, 5.41) is 19.7. The van der Waals surface area contributed by atoms with Crippen LogP contribution < -0.4 is 0 Å². The van der Waals surface area contributed by atoms with Gasteiger partial charge in [0.05, 0.1) is 0 Å². The van der Waals surface area contributed by atoms with E-state index in [1.165, 1.54) is 0 Å². The van der Waals surface area contributed by atoms with E-state index in [4.69, 9.17) is 0 Å². The van der Waals surface area contributed by atoms with E-state index in [0.717, 1.165) is 19.3 Å². The molecule has 4 atom stereocenters. The highest BCUT2D eigenvalue weighted by Gasteiger charge is 2.47. The molecule has 0 aromatic carbocycles. The Morgan fingerprint density at radius 1 is 1.38 bits per heavy atom. The van der Waals surface area contributed by atoms with Gasteiger partial charge in [-0.1, -0.05) is 40.0 Å². The molecule has 0 saturated heterocycles. The minimum atomic E-state index is -1.51. The molecule has 1 saturated carbocycles. The molecule has 0 aliphatic heterocycles. The third-order valence-electron chi connectivity index (χ3n) is 4.32. The molecule has 0 spiro atoms. The Morgan fingerprint density at radius 3 is 2.50 bits per heavy atom. The molecule has 0 bridgehead atoms. The predicted molar refractivity (Wildman–Crippen MR) is 63.2 cm³/mol. The second-order valence-electron chi connectivity index (χ2n) is 5.35. The summed E-state index contributed by atoms with van der Waals surface area (Å²) in [4.78, 5) is 11.3. The second kappa shape index (κ2) is 5.17. The molecule has 0 aromatic rings. The van der Waals surface area contributed by atoms with Gasteiger partial charge < -0.3 is 10.2 Å². The van der Waals surface area contributed by atoms with Crippen molar-refractivity contribution in [1.29, 1.82) is 0 Å². The molecule has 94 valence electrons. The average molecular weight is 228 g/mol. The lowest BCUT2D eigenvalue weighted by Crippen LogP contribution is -2.50. The molecular formula is C13H24O3. The maximum absolute atomic E-state index is 11.3.